The summed E-state index contributed by atoms with van der Waals surface area (Å²) in [6, 6.07) is 0.322. The van der Waals surface area contributed by atoms with Crippen LogP contribution in [-0.4, -0.2) is 19.7 Å². The predicted molar refractivity (Wildman–Crippen MR) is 62.5 cm³/mol. The third-order valence-corrected chi connectivity index (χ3v) is 2.64. The van der Waals surface area contributed by atoms with E-state index >= 15 is 0 Å². The molecule has 2 aromatic heterocycles. The molecule has 16 heavy (non-hydrogen) atoms. The van der Waals surface area contributed by atoms with Crippen LogP contribution in [0.25, 0.3) is 0 Å². The minimum Gasteiger partial charge on any atom is -0.420 e. The molecule has 2 rings (SSSR count). The fourth-order valence-electron chi connectivity index (χ4n) is 1.35. The zero-order chi connectivity index (χ0) is 11.7. The Morgan fingerprint density at radius 2 is 1.88 bits per heavy atom. The SMILES string of the molecule is Cc1nn(C)c(C)c1Oc1ncc(Br)cn1. The van der Waals surface area contributed by atoms with E-state index in [1.165, 1.54) is 0 Å². The maximum absolute atomic E-state index is 5.59. The predicted octanol–water partition coefficient (Wildman–Crippen LogP) is 2.38. The first kappa shape index (κ1) is 11.1. The first-order chi connectivity index (χ1) is 7.58. The first-order valence-corrected chi connectivity index (χ1v) is 5.53. The average molecular weight is 283 g/mol. The minimum atomic E-state index is 0.322. The lowest BCUT2D eigenvalue weighted by molar-refractivity contribution is 0.434. The van der Waals surface area contributed by atoms with Crippen LogP contribution in [-0.2, 0) is 7.05 Å². The molecule has 84 valence electrons. The number of nitrogens with zero attached hydrogens (tertiary/aromatic N) is 4. The lowest BCUT2D eigenvalue weighted by atomic mass is 10.3. The van der Waals surface area contributed by atoms with Crippen LogP contribution in [0.3, 0.4) is 0 Å². The number of hydrogen-bond donors (Lipinski definition) is 0. The molecule has 2 heterocycles. The standard InChI is InChI=1S/C10H11BrN4O/c1-6-9(7(2)15(3)14-6)16-10-12-4-8(11)5-13-10/h4-5H,1-3H3. The summed E-state index contributed by atoms with van der Waals surface area (Å²) in [6.07, 6.45) is 3.28. The van der Waals surface area contributed by atoms with Crippen molar-refractivity contribution in [2.24, 2.45) is 7.05 Å². The Bertz CT molecular complexity index is 506. The van der Waals surface area contributed by atoms with Crippen LogP contribution < -0.4 is 4.74 Å². The van der Waals surface area contributed by atoms with E-state index in [0.29, 0.717) is 11.8 Å². The third-order valence-electron chi connectivity index (χ3n) is 2.23. The van der Waals surface area contributed by atoms with E-state index in [9.17, 15) is 0 Å². The highest BCUT2D eigenvalue weighted by Crippen LogP contribution is 2.25. The zero-order valence-electron chi connectivity index (χ0n) is 9.23. The van der Waals surface area contributed by atoms with Crippen molar-refractivity contribution in [3.8, 4) is 11.8 Å². The molecular weight excluding hydrogens is 272 g/mol. The second-order valence-electron chi connectivity index (χ2n) is 3.41. The van der Waals surface area contributed by atoms with Gasteiger partial charge in [0.05, 0.1) is 10.2 Å². The summed E-state index contributed by atoms with van der Waals surface area (Å²) < 4.78 is 8.18. The normalized spacial score (nSPS) is 10.5. The van der Waals surface area contributed by atoms with Crippen molar-refractivity contribution in [1.29, 1.82) is 0 Å². The Labute approximate surface area is 102 Å². The molecule has 0 N–H and O–H groups in total. The van der Waals surface area contributed by atoms with Gasteiger partial charge < -0.3 is 4.74 Å². The smallest absolute Gasteiger partial charge is 0.322 e. The molecule has 0 radical (unpaired) electrons. The Hall–Kier alpha value is -1.43. The van der Waals surface area contributed by atoms with Crippen molar-refractivity contribution in [2.45, 2.75) is 13.8 Å². The van der Waals surface area contributed by atoms with Crippen molar-refractivity contribution in [3.63, 3.8) is 0 Å². The minimum absolute atomic E-state index is 0.322. The molecule has 0 aliphatic rings. The maximum Gasteiger partial charge on any atom is 0.322 e. The van der Waals surface area contributed by atoms with Gasteiger partial charge >= 0.3 is 6.01 Å². The highest BCUT2D eigenvalue weighted by Gasteiger charge is 2.12. The van der Waals surface area contributed by atoms with Gasteiger partial charge in [-0.2, -0.15) is 5.10 Å². The van der Waals surface area contributed by atoms with Crippen molar-refractivity contribution >= 4 is 15.9 Å². The molecule has 0 saturated heterocycles. The lowest BCUT2D eigenvalue weighted by Crippen LogP contribution is -1.94. The van der Waals surface area contributed by atoms with Crippen molar-refractivity contribution < 1.29 is 4.74 Å². The summed E-state index contributed by atoms with van der Waals surface area (Å²) in [5.41, 5.74) is 1.77. The summed E-state index contributed by atoms with van der Waals surface area (Å²) in [7, 11) is 1.87. The number of ether oxygens (including phenoxy) is 1. The molecule has 0 amide bonds. The van der Waals surface area contributed by atoms with Gasteiger partial charge in [-0.15, -0.1) is 0 Å². The summed E-state index contributed by atoms with van der Waals surface area (Å²) in [4.78, 5) is 8.10. The molecule has 0 spiro atoms. The van der Waals surface area contributed by atoms with Gasteiger partial charge in [0, 0.05) is 19.4 Å². The fraction of sp³-hybridized carbons (Fsp3) is 0.300. The second-order valence-corrected chi connectivity index (χ2v) is 4.33. The van der Waals surface area contributed by atoms with E-state index in [1.54, 1.807) is 17.1 Å². The molecule has 0 unspecified atom stereocenters. The van der Waals surface area contributed by atoms with Gasteiger partial charge in [0.15, 0.2) is 5.75 Å². The molecule has 6 heteroatoms. The van der Waals surface area contributed by atoms with Gasteiger partial charge in [-0.25, -0.2) is 9.97 Å². The van der Waals surface area contributed by atoms with E-state index in [2.05, 4.69) is 31.0 Å². The van der Waals surface area contributed by atoms with E-state index in [1.807, 2.05) is 20.9 Å². The van der Waals surface area contributed by atoms with Gasteiger partial charge in [0.1, 0.15) is 5.69 Å². The van der Waals surface area contributed by atoms with Crippen LogP contribution in [0.4, 0.5) is 0 Å². The molecule has 0 bridgehead atoms. The molecule has 0 aliphatic heterocycles. The van der Waals surface area contributed by atoms with Gasteiger partial charge in [0.2, 0.25) is 0 Å². The Morgan fingerprint density at radius 1 is 1.25 bits per heavy atom. The van der Waals surface area contributed by atoms with Gasteiger partial charge in [-0.1, -0.05) is 0 Å². The van der Waals surface area contributed by atoms with Crippen molar-refractivity contribution in [3.05, 3.63) is 28.3 Å². The lowest BCUT2D eigenvalue weighted by Gasteiger charge is -2.03. The van der Waals surface area contributed by atoms with Gasteiger partial charge in [0.25, 0.3) is 0 Å². The molecule has 5 nitrogen and oxygen atoms in total. The summed E-state index contributed by atoms with van der Waals surface area (Å²) in [5.74, 6) is 0.713. The van der Waals surface area contributed by atoms with Crippen LogP contribution in [0.5, 0.6) is 11.8 Å². The van der Waals surface area contributed by atoms with Gasteiger partial charge in [-0.05, 0) is 29.8 Å². The molecule has 0 atom stereocenters. The highest BCUT2D eigenvalue weighted by molar-refractivity contribution is 9.10. The topological polar surface area (TPSA) is 52.8 Å². The largest absolute Gasteiger partial charge is 0.420 e. The number of aromatic nitrogens is 4. The third kappa shape index (κ3) is 2.06. The molecule has 0 saturated carbocycles. The number of rotatable bonds is 2. The summed E-state index contributed by atoms with van der Waals surface area (Å²) in [5, 5.41) is 4.25. The van der Waals surface area contributed by atoms with E-state index < -0.39 is 0 Å². The van der Waals surface area contributed by atoms with E-state index in [4.69, 9.17) is 4.74 Å². The van der Waals surface area contributed by atoms with Crippen molar-refractivity contribution in [2.75, 3.05) is 0 Å². The monoisotopic (exact) mass is 282 g/mol. The van der Waals surface area contributed by atoms with Gasteiger partial charge in [-0.3, -0.25) is 4.68 Å². The van der Waals surface area contributed by atoms with E-state index in [-0.39, 0.29) is 0 Å². The summed E-state index contributed by atoms with van der Waals surface area (Å²) in [6.45, 7) is 3.83. The molecule has 0 fully saturated rings. The Morgan fingerprint density at radius 3 is 2.38 bits per heavy atom. The van der Waals surface area contributed by atoms with Crippen LogP contribution >= 0.6 is 15.9 Å². The van der Waals surface area contributed by atoms with Crippen LogP contribution in [0.2, 0.25) is 0 Å². The average Bonchev–Trinajstić information content (AvgIpc) is 2.48. The maximum atomic E-state index is 5.59. The van der Waals surface area contributed by atoms with E-state index in [0.717, 1.165) is 15.9 Å². The molecule has 0 aliphatic carbocycles. The first-order valence-electron chi connectivity index (χ1n) is 4.73. The van der Waals surface area contributed by atoms with Crippen LogP contribution in [0.15, 0.2) is 16.9 Å². The number of aryl methyl sites for hydroxylation is 2. The summed E-state index contributed by atoms with van der Waals surface area (Å²) >= 11 is 3.27. The van der Waals surface area contributed by atoms with Crippen LogP contribution in [0, 0.1) is 13.8 Å². The van der Waals surface area contributed by atoms with Crippen molar-refractivity contribution in [1.82, 2.24) is 19.7 Å². The Kier molecular flexibility index (Phi) is 2.91. The highest BCUT2D eigenvalue weighted by atomic mass is 79.9. The number of hydrogen-bond acceptors (Lipinski definition) is 4. The molecular formula is C10H11BrN4O. The van der Waals surface area contributed by atoms with Crippen LogP contribution in [0.1, 0.15) is 11.4 Å². The Balaban J connectivity index is 2.30. The zero-order valence-corrected chi connectivity index (χ0v) is 10.8. The fourth-order valence-corrected chi connectivity index (χ4v) is 1.55. The molecule has 0 aromatic carbocycles. The number of halogens is 1. The molecule has 2 aromatic rings. The quantitative estimate of drug-likeness (QED) is 0.849. The second kappa shape index (κ2) is 4.21.